The first-order chi connectivity index (χ1) is 15.6. The number of nitrogens with one attached hydrogen (secondary N) is 2. The van der Waals surface area contributed by atoms with Gasteiger partial charge in [0.15, 0.2) is 0 Å². The van der Waals surface area contributed by atoms with Gasteiger partial charge >= 0.3 is 0 Å². The smallest absolute Gasteiger partial charge is 0.251 e. The van der Waals surface area contributed by atoms with E-state index in [2.05, 4.69) is 38.4 Å². The summed E-state index contributed by atoms with van der Waals surface area (Å²) in [5.74, 6) is 0.798. The van der Waals surface area contributed by atoms with Gasteiger partial charge in [0, 0.05) is 55.0 Å². The Morgan fingerprint density at radius 3 is 2.69 bits per heavy atom. The topological polar surface area (TPSA) is 88.9 Å². The van der Waals surface area contributed by atoms with Gasteiger partial charge in [-0.15, -0.1) is 0 Å². The van der Waals surface area contributed by atoms with E-state index in [0.717, 1.165) is 52.5 Å². The number of imidazole rings is 1. The predicted molar refractivity (Wildman–Crippen MR) is 124 cm³/mol. The van der Waals surface area contributed by atoms with Gasteiger partial charge in [0.05, 0.1) is 11.0 Å². The fourth-order valence-corrected chi connectivity index (χ4v) is 4.81. The van der Waals surface area contributed by atoms with Gasteiger partial charge in [-0.25, -0.2) is 4.98 Å². The van der Waals surface area contributed by atoms with Gasteiger partial charge < -0.3 is 15.2 Å². The third kappa shape index (κ3) is 3.39. The summed E-state index contributed by atoms with van der Waals surface area (Å²) in [7, 11) is 3.32. The first-order valence-corrected chi connectivity index (χ1v) is 10.9. The van der Waals surface area contributed by atoms with Crippen molar-refractivity contribution in [1.29, 1.82) is 0 Å². The summed E-state index contributed by atoms with van der Waals surface area (Å²) in [6.45, 7) is 0. The van der Waals surface area contributed by atoms with Crippen molar-refractivity contribution < 1.29 is 9.59 Å². The number of carbonyl (C=O) groups is 2. The van der Waals surface area contributed by atoms with Gasteiger partial charge in [0.2, 0.25) is 5.91 Å². The molecule has 162 valence electrons. The molecule has 2 amide bonds. The number of pyridine rings is 1. The minimum atomic E-state index is -0.130. The molecule has 0 bridgehead atoms. The SMILES string of the molecule is CNC(=O)c1ccc2nc(-c3ccc4cnccc4c3)n([C@@H]3CC[C@@H](C(=O)NC)C3)c2c1. The van der Waals surface area contributed by atoms with E-state index >= 15 is 0 Å². The summed E-state index contributed by atoms with van der Waals surface area (Å²) in [5.41, 5.74) is 3.35. The molecule has 1 aliphatic rings. The highest BCUT2D eigenvalue weighted by atomic mass is 16.2. The standard InChI is InChI=1S/C25H25N5O2/c1-26-24(31)17-5-7-20(12-17)30-22-13-18(25(32)27-2)6-8-21(22)29-23(30)16-3-4-19-14-28-10-9-15(19)11-16/h3-4,6,8-11,13-14,17,20H,5,7,12H2,1-2H3,(H,26,31)(H,27,32)/t17-,20-/m1/s1. The van der Waals surface area contributed by atoms with E-state index in [9.17, 15) is 9.59 Å². The van der Waals surface area contributed by atoms with Crippen LogP contribution in [0.5, 0.6) is 0 Å². The van der Waals surface area contributed by atoms with Crippen molar-refractivity contribution in [2.45, 2.75) is 25.3 Å². The maximum absolute atomic E-state index is 12.3. The molecule has 1 aliphatic carbocycles. The highest BCUT2D eigenvalue weighted by Gasteiger charge is 2.33. The average Bonchev–Trinajstić information content (AvgIpc) is 3.47. The van der Waals surface area contributed by atoms with E-state index in [1.165, 1.54) is 0 Å². The molecule has 2 N–H and O–H groups in total. The van der Waals surface area contributed by atoms with E-state index in [0.29, 0.717) is 5.56 Å². The van der Waals surface area contributed by atoms with Crippen LogP contribution in [0.15, 0.2) is 54.9 Å². The molecule has 2 aromatic carbocycles. The number of benzene rings is 2. The Balaban J connectivity index is 1.68. The fourth-order valence-electron chi connectivity index (χ4n) is 4.81. The molecule has 4 aromatic rings. The van der Waals surface area contributed by atoms with Crippen LogP contribution in [-0.4, -0.2) is 40.4 Å². The Hall–Kier alpha value is -3.74. The quantitative estimate of drug-likeness (QED) is 0.520. The maximum Gasteiger partial charge on any atom is 0.251 e. The third-order valence-corrected chi connectivity index (χ3v) is 6.46. The molecule has 32 heavy (non-hydrogen) atoms. The molecule has 2 atom stereocenters. The zero-order valence-corrected chi connectivity index (χ0v) is 18.1. The number of hydrogen-bond acceptors (Lipinski definition) is 4. The first-order valence-electron chi connectivity index (χ1n) is 10.9. The molecule has 0 spiro atoms. The Labute approximate surface area is 185 Å². The molecule has 1 saturated carbocycles. The van der Waals surface area contributed by atoms with Crippen molar-refractivity contribution in [1.82, 2.24) is 25.2 Å². The van der Waals surface area contributed by atoms with E-state index in [-0.39, 0.29) is 23.8 Å². The molecule has 2 heterocycles. The van der Waals surface area contributed by atoms with Crippen LogP contribution in [0.4, 0.5) is 0 Å². The Morgan fingerprint density at radius 2 is 1.88 bits per heavy atom. The summed E-state index contributed by atoms with van der Waals surface area (Å²) in [5, 5.41) is 7.65. The highest BCUT2D eigenvalue weighted by Crippen LogP contribution is 2.40. The number of amides is 2. The van der Waals surface area contributed by atoms with Crippen LogP contribution in [0.2, 0.25) is 0 Å². The van der Waals surface area contributed by atoms with Crippen LogP contribution in [0, 0.1) is 5.92 Å². The van der Waals surface area contributed by atoms with Crippen LogP contribution in [0.25, 0.3) is 33.2 Å². The summed E-state index contributed by atoms with van der Waals surface area (Å²) in [4.78, 5) is 33.7. The number of fused-ring (bicyclic) bond motifs is 2. The molecule has 0 unspecified atom stereocenters. The molecule has 2 aromatic heterocycles. The second-order valence-electron chi connectivity index (χ2n) is 8.30. The van der Waals surface area contributed by atoms with Crippen LogP contribution < -0.4 is 10.6 Å². The van der Waals surface area contributed by atoms with Crippen molar-refractivity contribution in [2.75, 3.05) is 14.1 Å². The molecule has 7 nitrogen and oxygen atoms in total. The summed E-state index contributed by atoms with van der Waals surface area (Å²) in [6.07, 6.45) is 6.11. The number of hydrogen-bond donors (Lipinski definition) is 2. The Morgan fingerprint density at radius 1 is 1.00 bits per heavy atom. The average molecular weight is 428 g/mol. The normalized spacial score (nSPS) is 18.2. The van der Waals surface area contributed by atoms with Gasteiger partial charge in [-0.3, -0.25) is 14.6 Å². The molecule has 5 rings (SSSR count). The molecule has 0 saturated heterocycles. The maximum atomic E-state index is 12.3. The van der Waals surface area contributed by atoms with Gasteiger partial charge in [-0.05, 0) is 55.0 Å². The van der Waals surface area contributed by atoms with Gasteiger partial charge in [0.25, 0.3) is 5.91 Å². The summed E-state index contributed by atoms with van der Waals surface area (Å²) >= 11 is 0. The van der Waals surface area contributed by atoms with E-state index in [1.807, 2.05) is 24.4 Å². The predicted octanol–water partition coefficient (Wildman–Crippen LogP) is 3.70. The monoisotopic (exact) mass is 427 g/mol. The highest BCUT2D eigenvalue weighted by molar-refractivity contribution is 5.98. The van der Waals surface area contributed by atoms with Crippen LogP contribution in [0.1, 0.15) is 35.7 Å². The lowest BCUT2D eigenvalue weighted by molar-refractivity contribution is -0.124. The van der Waals surface area contributed by atoms with E-state index in [4.69, 9.17) is 4.98 Å². The van der Waals surface area contributed by atoms with Crippen LogP contribution >= 0.6 is 0 Å². The first kappa shape index (κ1) is 20.2. The Bertz CT molecular complexity index is 1340. The van der Waals surface area contributed by atoms with Gasteiger partial charge in [-0.1, -0.05) is 12.1 Å². The largest absolute Gasteiger partial charge is 0.359 e. The van der Waals surface area contributed by atoms with Crippen molar-refractivity contribution >= 4 is 33.6 Å². The number of aromatic nitrogens is 3. The third-order valence-electron chi connectivity index (χ3n) is 6.46. The summed E-state index contributed by atoms with van der Waals surface area (Å²) < 4.78 is 2.23. The van der Waals surface area contributed by atoms with E-state index in [1.54, 1.807) is 26.4 Å². The lowest BCUT2D eigenvalue weighted by atomic mass is 10.1. The van der Waals surface area contributed by atoms with Gasteiger partial charge in [-0.2, -0.15) is 0 Å². The second-order valence-corrected chi connectivity index (χ2v) is 8.30. The zero-order valence-electron chi connectivity index (χ0n) is 18.1. The minimum Gasteiger partial charge on any atom is -0.359 e. The summed E-state index contributed by atoms with van der Waals surface area (Å²) in [6, 6.07) is 14.0. The van der Waals surface area contributed by atoms with Crippen molar-refractivity contribution in [2.24, 2.45) is 5.92 Å². The van der Waals surface area contributed by atoms with Gasteiger partial charge in [0.1, 0.15) is 5.82 Å². The zero-order chi connectivity index (χ0) is 22.2. The van der Waals surface area contributed by atoms with Crippen LogP contribution in [0.3, 0.4) is 0 Å². The van der Waals surface area contributed by atoms with Crippen molar-refractivity contribution in [3.63, 3.8) is 0 Å². The minimum absolute atomic E-state index is 0.0138. The molecule has 0 aliphatic heterocycles. The van der Waals surface area contributed by atoms with Crippen molar-refractivity contribution in [3.8, 4) is 11.4 Å². The molecule has 7 heteroatoms. The molecule has 0 radical (unpaired) electrons. The number of carbonyl (C=O) groups excluding carboxylic acids is 2. The number of nitrogens with zero attached hydrogens (tertiary/aromatic N) is 3. The fraction of sp³-hybridized carbons (Fsp3) is 0.280. The molecule has 1 fully saturated rings. The Kier molecular flexibility index (Phi) is 5.09. The molecular formula is C25H25N5O2. The lowest BCUT2D eigenvalue weighted by Gasteiger charge is -2.18. The van der Waals surface area contributed by atoms with Crippen LogP contribution in [-0.2, 0) is 4.79 Å². The van der Waals surface area contributed by atoms with E-state index < -0.39 is 0 Å². The number of rotatable bonds is 4. The molecular weight excluding hydrogens is 402 g/mol. The second kappa shape index (κ2) is 8.07. The lowest BCUT2D eigenvalue weighted by Crippen LogP contribution is -2.25. The van der Waals surface area contributed by atoms with Crippen molar-refractivity contribution in [3.05, 3.63) is 60.4 Å².